The zero-order valence-electron chi connectivity index (χ0n) is 23.5. The largest absolute Gasteiger partial charge is 0.628 e. The number of aliphatic carboxylic acids is 1. The molecular formula is C30H44NO7P. The Morgan fingerprint density at radius 1 is 1.05 bits per heavy atom. The molecule has 1 amide bonds. The third-order valence-electron chi connectivity index (χ3n) is 7.83. The van der Waals surface area contributed by atoms with Crippen LogP contribution in [-0.2, 0) is 30.3 Å². The normalized spacial score (nSPS) is 21.5. The summed E-state index contributed by atoms with van der Waals surface area (Å²) in [5.74, 6) is -2.00. The molecule has 0 bridgehead atoms. The van der Waals surface area contributed by atoms with E-state index in [0.29, 0.717) is 25.3 Å². The molecule has 1 aromatic carbocycles. The van der Waals surface area contributed by atoms with E-state index in [0.717, 1.165) is 38.5 Å². The van der Waals surface area contributed by atoms with Crippen LogP contribution >= 0.6 is 7.77 Å². The van der Waals surface area contributed by atoms with Crippen LogP contribution in [0.3, 0.4) is 0 Å². The second-order valence-corrected chi connectivity index (χ2v) is 12.7. The maximum Gasteiger partial charge on any atom is 0.326 e. The molecular weight excluding hydrogens is 517 g/mol. The molecule has 216 valence electrons. The highest BCUT2D eigenvalue weighted by atomic mass is 31.1. The van der Waals surface area contributed by atoms with Gasteiger partial charge in [0.05, 0.1) is 7.77 Å². The van der Waals surface area contributed by atoms with Gasteiger partial charge in [0.2, 0.25) is 6.29 Å². The van der Waals surface area contributed by atoms with Crippen molar-refractivity contribution in [1.82, 2.24) is 4.90 Å². The molecule has 4 atom stereocenters. The first-order chi connectivity index (χ1) is 18.7. The molecule has 0 aromatic heterocycles. The minimum atomic E-state index is -2.26. The first-order valence-electron chi connectivity index (χ1n) is 14.5. The van der Waals surface area contributed by atoms with Crippen molar-refractivity contribution in [3.8, 4) is 0 Å². The van der Waals surface area contributed by atoms with Crippen molar-refractivity contribution in [3.05, 3.63) is 35.9 Å². The van der Waals surface area contributed by atoms with Crippen LogP contribution in [0.1, 0.15) is 84.1 Å². The van der Waals surface area contributed by atoms with E-state index >= 15 is 0 Å². The van der Waals surface area contributed by atoms with Crippen LogP contribution in [0.15, 0.2) is 30.3 Å². The van der Waals surface area contributed by atoms with Gasteiger partial charge in [0, 0.05) is 18.9 Å². The first-order valence-corrected chi connectivity index (χ1v) is 15.9. The average Bonchev–Trinajstić information content (AvgIpc) is 3.40. The van der Waals surface area contributed by atoms with Crippen molar-refractivity contribution in [2.75, 3.05) is 12.7 Å². The molecule has 1 aliphatic carbocycles. The monoisotopic (exact) mass is 561 g/mol. The number of esters is 1. The summed E-state index contributed by atoms with van der Waals surface area (Å²) in [4.78, 5) is 53.1. The quantitative estimate of drug-likeness (QED) is 0.160. The zero-order valence-corrected chi connectivity index (χ0v) is 24.4. The van der Waals surface area contributed by atoms with E-state index in [4.69, 9.17) is 9.47 Å². The summed E-state index contributed by atoms with van der Waals surface area (Å²) in [5.41, 5.74) is 0.911. The summed E-state index contributed by atoms with van der Waals surface area (Å²) >= 11 is 0. The zero-order chi connectivity index (χ0) is 28.4. The van der Waals surface area contributed by atoms with Crippen LogP contribution in [0.4, 0.5) is 0 Å². The molecule has 0 spiro atoms. The predicted molar refractivity (Wildman–Crippen MR) is 150 cm³/mol. The number of benzene rings is 1. The molecule has 39 heavy (non-hydrogen) atoms. The minimum absolute atomic E-state index is 0.0965. The van der Waals surface area contributed by atoms with E-state index in [1.165, 1.54) is 16.9 Å². The van der Waals surface area contributed by atoms with Crippen LogP contribution in [0.2, 0.25) is 0 Å². The van der Waals surface area contributed by atoms with Gasteiger partial charge in [0.25, 0.3) is 0 Å². The number of unbranched alkanes of at least 4 members (excludes halogenated alkanes) is 1. The van der Waals surface area contributed by atoms with Crippen molar-refractivity contribution >= 4 is 31.1 Å². The van der Waals surface area contributed by atoms with Gasteiger partial charge in [-0.3, -0.25) is 14.3 Å². The number of carbonyl (C=O) groups is 3. The van der Waals surface area contributed by atoms with Crippen LogP contribution in [0, 0.1) is 17.8 Å². The maximum absolute atomic E-state index is 13.9. The molecule has 9 heteroatoms. The highest BCUT2D eigenvalue weighted by Crippen LogP contribution is 2.38. The van der Waals surface area contributed by atoms with Gasteiger partial charge < -0.3 is 19.6 Å². The van der Waals surface area contributed by atoms with Gasteiger partial charge in [-0.05, 0) is 43.1 Å². The third kappa shape index (κ3) is 9.12. The Balaban J connectivity index is 1.81. The lowest BCUT2D eigenvalue weighted by molar-refractivity contribution is -0.174. The topological polar surface area (TPSA) is 116 Å². The standard InChI is InChI=1S/C30H44NO7P/c1-4-26(32)37-29(21(2)3)38-30(39(36)18-12-11-15-22-13-7-5-8-14-22)27(33)31-20-24(19-25(31)28(34)35)23-16-9-6-10-17-23/h5,7-8,13-14,21,23-25,29H,4,6,9-12,15-20H2,1-3H3,(H,34,35)/t24?,25-,29?/m0/s1. The summed E-state index contributed by atoms with van der Waals surface area (Å²) in [5, 5.41) is 9.99. The van der Waals surface area contributed by atoms with Crippen LogP contribution in [0.5, 0.6) is 0 Å². The Labute approximate surface area is 233 Å². The molecule has 1 heterocycles. The molecule has 2 aliphatic rings. The van der Waals surface area contributed by atoms with Crippen LogP contribution in [-0.4, -0.2) is 58.4 Å². The summed E-state index contributed by atoms with van der Waals surface area (Å²) < 4.78 is 11.4. The Morgan fingerprint density at radius 2 is 1.74 bits per heavy atom. The highest BCUT2D eigenvalue weighted by Gasteiger charge is 2.46. The number of amides is 1. The Morgan fingerprint density at radius 3 is 2.36 bits per heavy atom. The summed E-state index contributed by atoms with van der Waals surface area (Å²) in [7, 11) is -2.26. The van der Waals surface area contributed by atoms with Crippen molar-refractivity contribution in [3.63, 3.8) is 0 Å². The number of hydrogen-bond donors (Lipinski definition) is 1. The van der Waals surface area contributed by atoms with Gasteiger partial charge in [-0.1, -0.05) is 83.2 Å². The van der Waals surface area contributed by atoms with E-state index in [2.05, 4.69) is 0 Å². The van der Waals surface area contributed by atoms with E-state index in [9.17, 15) is 24.4 Å². The van der Waals surface area contributed by atoms with Gasteiger partial charge in [0.15, 0.2) is 0 Å². The fraction of sp³-hybridized carbons (Fsp3) is 0.667. The second kappa shape index (κ2) is 15.5. The number of likely N-dealkylation sites (tertiary alicyclic amines) is 1. The lowest BCUT2D eigenvalue weighted by Crippen LogP contribution is -2.46. The van der Waals surface area contributed by atoms with E-state index in [-0.39, 0.29) is 29.9 Å². The van der Waals surface area contributed by atoms with Gasteiger partial charge in [0.1, 0.15) is 12.2 Å². The summed E-state index contributed by atoms with van der Waals surface area (Å²) in [6.07, 6.45) is 7.44. The number of ether oxygens (including phenoxy) is 2. The fourth-order valence-electron chi connectivity index (χ4n) is 5.56. The highest BCUT2D eigenvalue weighted by molar-refractivity contribution is 7.53. The number of hydrogen-bond acceptors (Lipinski definition) is 6. The van der Waals surface area contributed by atoms with Crippen LogP contribution in [0.25, 0.3) is 0 Å². The molecule has 1 saturated heterocycles. The predicted octanol–water partition coefficient (Wildman–Crippen LogP) is 4.73. The van der Waals surface area contributed by atoms with Gasteiger partial charge in [-0.2, -0.15) is 0 Å². The van der Waals surface area contributed by atoms with Crippen molar-refractivity contribution in [1.29, 1.82) is 0 Å². The van der Waals surface area contributed by atoms with E-state index in [1.807, 2.05) is 30.3 Å². The SMILES string of the molecule is CCC(=O)OC(OC(C(=O)N1CC(C2CCCCC2)C[C@H]1C(=O)O)=[P+]([O-])CCCCc1ccccc1)C(C)C. The Hall–Kier alpha value is -2.28. The number of nitrogens with zero attached hydrogens (tertiary/aromatic N) is 1. The maximum atomic E-state index is 13.9. The number of carboxylic acid groups (broad SMARTS) is 1. The minimum Gasteiger partial charge on any atom is -0.628 e. The van der Waals surface area contributed by atoms with Crippen molar-refractivity contribution in [2.24, 2.45) is 17.8 Å². The summed E-state index contributed by atoms with van der Waals surface area (Å²) in [6, 6.07) is 9.02. The Bertz CT molecular complexity index is 990. The molecule has 1 aromatic rings. The smallest absolute Gasteiger partial charge is 0.326 e. The lowest BCUT2D eigenvalue weighted by atomic mass is 9.79. The molecule has 2 fully saturated rings. The summed E-state index contributed by atoms with van der Waals surface area (Å²) in [6.45, 7) is 5.55. The van der Waals surface area contributed by atoms with Gasteiger partial charge in [-0.25, -0.2) is 4.79 Å². The molecule has 1 aliphatic heterocycles. The molecule has 1 N–H and O–H groups in total. The van der Waals surface area contributed by atoms with Crippen LogP contribution < -0.4 is 4.89 Å². The number of aryl methyl sites for hydroxylation is 1. The van der Waals surface area contributed by atoms with Crippen molar-refractivity contribution in [2.45, 2.75) is 97.3 Å². The molecule has 3 unspecified atom stereocenters. The molecule has 8 nitrogen and oxygen atoms in total. The first kappa shape index (κ1) is 31.3. The average molecular weight is 562 g/mol. The number of carbonyl (C=O) groups excluding carboxylic acids is 2. The van der Waals surface area contributed by atoms with Gasteiger partial charge >= 0.3 is 23.3 Å². The lowest BCUT2D eigenvalue weighted by Gasteiger charge is -2.27. The van der Waals surface area contributed by atoms with E-state index < -0.39 is 37.9 Å². The molecule has 3 rings (SSSR count). The van der Waals surface area contributed by atoms with E-state index in [1.54, 1.807) is 20.8 Å². The fourth-order valence-corrected chi connectivity index (χ4v) is 6.84. The molecule has 0 radical (unpaired) electrons. The van der Waals surface area contributed by atoms with Crippen molar-refractivity contribution < 1.29 is 33.9 Å². The molecule has 1 saturated carbocycles. The second-order valence-electron chi connectivity index (χ2n) is 11.1. The third-order valence-corrected chi connectivity index (χ3v) is 9.31. The number of carboxylic acids is 1. The number of rotatable bonds is 13. The Kier molecular flexibility index (Phi) is 12.4. The van der Waals surface area contributed by atoms with Gasteiger partial charge in [-0.15, -0.1) is 0 Å².